The highest BCUT2D eigenvalue weighted by molar-refractivity contribution is 6.32. The van der Waals surface area contributed by atoms with Crippen LogP contribution < -0.4 is 10.2 Å². The molecule has 2 aromatic rings. The number of hydrogen-bond donors (Lipinski definition) is 2. The lowest BCUT2D eigenvalue weighted by molar-refractivity contribution is 0.0695. The Balaban J connectivity index is 1.62. The van der Waals surface area contributed by atoms with E-state index in [0.717, 1.165) is 24.8 Å². The predicted molar refractivity (Wildman–Crippen MR) is 95.4 cm³/mol. The van der Waals surface area contributed by atoms with Gasteiger partial charge in [-0.2, -0.15) is 5.26 Å². The number of aromatic nitrogens is 1. The zero-order valence-corrected chi connectivity index (χ0v) is 14.4. The maximum atomic E-state index is 12.3. The van der Waals surface area contributed by atoms with Crippen molar-refractivity contribution in [2.45, 2.75) is 12.5 Å². The van der Waals surface area contributed by atoms with E-state index in [0.29, 0.717) is 17.1 Å². The zero-order valence-electron chi connectivity index (χ0n) is 13.6. The molecule has 1 fully saturated rings. The van der Waals surface area contributed by atoms with Gasteiger partial charge in [-0.15, -0.1) is 0 Å². The summed E-state index contributed by atoms with van der Waals surface area (Å²) in [5.74, 6) is -1.43. The summed E-state index contributed by atoms with van der Waals surface area (Å²) < 4.78 is 0. The van der Waals surface area contributed by atoms with E-state index in [4.69, 9.17) is 22.0 Å². The second-order valence-electron chi connectivity index (χ2n) is 5.92. The zero-order chi connectivity index (χ0) is 18.7. The summed E-state index contributed by atoms with van der Waals surface area (Å²) in [7, 11) is 0. The fourth-order valence-electron chi connectivity index (χ4n) is 2.82. The average Bonchev–Trinajstić information content (AvgIpc) is 3.10. The second-order valence-corrected chi connectivity index (χ2v) is 6.33. The highest BCUT2D eigenvalue weighted by Gasteiger charge is 2.25. The highest BCUT2D eigenvalue weighted by Crippen LogP contribution is 2.26. The van der Waals surface area contributed by atoms with Crippen molar-refractivity contribution in [3.05, 3.63) is 58.4 Å². The number of carboxylic acid groups (broad SMARTS) is 1. The number of carboxylic acids is 1. The standard InChI is InChI=1S/C18H15ClN4O3/c19-15-7-14(3-1-11(15)8-20)23-6-5-13(10-23)22-17(24)16-4-2-12(9-21-16)18(25)26/h1-4,7,9,13H,5-6,10H2,(H,22,24)(H,25,26)/t13-/m0/s1. The van der Waals surface area contributed by atoms with Gasteiger partial charge in [-0.1, -0.05) is 11.6 Å². The van der Waals surface area contributed by atoms with E-state index in [-0.39, 0.29) is 23.2 Å². The number of carbonyl (C=O) groups excluding carboxylic acids is 1. The Morgan fingerprint density at radius 1 is 1.35 bits per heavy atom. The molecule has 2 heterocycles. The summed E-state index contributed by atoms with van der Waals surface area (Å²) >= 11 is 6.07. The molecule has 0 radical (unpaired) electrons. The van der Waals surface area contributed by atoms with Crippen LogP contribution in [0.5, 0.6) is 0 Å². The summed E-state index contributed by atoms with van der Waals surface area (Å²) in [6.07, 6.45) is 1.92. The van der Waals surface area contributed by atoms with Gasteiger partial charge in [0.1, 0.15) is 11.8 Å². The van der Waals surface area contributed by atoms with Crippen molar-refractivity contribution in [3.8, 4) is 6.07 Å². The minimum atomic E-state index is -1.09. The molecule has 1 aliphatic heterocycles. The average molecular weight is 371 g/mol. The van der Waals surface area contributed by atoms with Crippen molar-refractivity contribution >= 4 is 29.2 Å². The number of amides is 1. The normalized spacial score (nSPS) is 16.2. The SMILES string of the molecule is N#Cc1ccc(N2CC[C@H](NC(=O)c3ccc(C(=O)O)cn3)C2)cc1Cl. The van der Waals surface area contributed by atoms with Crippen molar-refractivity contribution in [3.63, 3.8) is 0 Å². The molecule has 8 heteroatoms. The molecular weight excluding hydrogens is 356 g/mol. The highest BCUT2D eigenvalue weighted by atomic mass is 35.5. The summed E-state index contributed by atoms with van der Waals surface area (Å²) in [4.78, 5) is 29.1. The van der Waals surface area contributed by atoms with E-state index in [1.165, 1.54) is 12.1 Å². The van der Waals surface area contributed by atoms with Gasteiger partial charge in [0.15, 0.2) is 0 Å². The molecule has 1 aliphatic rings. The molecule has 0 bridgehead atoms. The molecule has 0 saturated carbocycles. The van der Waals surface area contributed by atoms with Crippen LogP contribution in [0.3, 0.4) is 0 Å². The molecule has 1 aromatic heterocycles. The van der Waals surface area contributed by atoms with Crippen LogP contribution in [-0.2, 0) is 0 Å². The predicted octanol–water partition coefficient (Wildman–Crippen LogP) is 2.31. The molecule has 2 N–H and O–H groups in total. The number of aromatic carboxylic acids is 1. The molecule has 0 unspecified atom stereocenters. The van der Waals surface area contributed by atoms with E-state index in [9.17, 15) is 9.59 Å². The molecule has 0 spiro atoms. The van der Waals surface area contributed by atoms with Gasteiger partial charge in [0, 0.05) is 31.0 Å². The van der Waals surface area contributed by atoms with Gasteiger partial charge in [0.05, 0.1) is 16.1 Å². The van der Waals surface area contributed by atoms with E-state index < -0.39 is 5.97 Å². The van der Waals surface area contributed by atoms with Gasteiger partial charge in [0.25, 0.3) is 5.91 Å². The van der Waals surface area contributed by atoms with Crippen molar-refractivity contribution in [1.29, 1.82) is 5.26 Å². The smallest absolute Gasteiger partial charge is 0.337 e. The van der Waals surface area contributed by atoms with Crippen LogP contribution >= 0.6 is 11.6 Å². The van der Waals surface area contributed by atoms with Crippen molar-refractivity contribution < 1.29 is 14.7 Å². The van der Waals surface area contributed by atoms with Gasteiger partial charge in [-0.25, -0.2) is 4.79 Å². The van der Waals surface area contributed by atoms with Crippen LogP contribution in [0.15, 0.2) is 36.5 Å². The minimum Gasteiger partial charge on any atom is -0.478 e. The first kappa shape index (κ1) is 17.7. The summed E-state index contributed by atoms with van der Waals surface area (Å²) in [6.45, 7) is 1.36. The first-order valence-corrected chi connectivity index (χ1v) is 8.30. The number of nitrogens with zero attached hydrogens (tertiary/aromatic N) is 3. The number of nitriles is 1. The third-order valence-corrected chi connectivity index (χ3v) is 4.52. The number of rotatable bonds is 4. The van der Waals surface area contributed by atoms with Crippen LogP contribution in [0.1, 0.15) is 32.8 Å². The van der Waals surface area contributed by atoms with Crippen molar-refractivity contribution in [1.82, 2.24) is 10.3 Å². The Hall–Kier alpha value is -3.11. The third-order valence-electron chi connectivity index (χ3n) is 4.20. The molecule has 3 rings (SSSR count). The number of benzene rings is 1. The van der Waals surface area contributed by atoms with E-state index >= 15 is 0 Å². The topological polar surface area (TPSA) is 106 Å². The summed E-state index contributed by atoms with van der Waals surface area (Å²) in [6, 6.07) is 9.97. The second kappa shape index (κ2) is 7.42. The van der Waals surface area contributed by atoms with Gasteiger partial charge >= 0.3 is 5.97 Å². The van der Waals surface area contributed by atoms with Crippen LogP contribution in [0.2, 0.25) is 5.02 Å². The fraction of sp³-hybridized carbons (Fsp3) is 0.222. The third kappa shape index (κ3) is 3.76. The number of carbonyl (C=O) groups is 2. The first-order valence-electron chi connectivity index (χ1n) is 7.92. The number of nitrogens with one attached hydrogen (secondary N) is 1. The van der Waals surface area contributed by atoms with Gasteiger partial charge in [0.2, 0.25) is 0 Å². The number of hydrogen-bond acceptors (Lipinski definition) is 5. The lowest BCUT2D eigenvalue weighted by Gasteiger charge is -2.19. The van der Waals surface area contributed by atoms with Crippen LogP contribution in [-0.4, -0.2) is 41.1 Å². The number of halogens is 1. The Labute approximate surface area is 154 Å². The monoisotopic (exact) mass is 370 g/mol. The number of anilines is 1. The largest absolute Gasteiger partial charge is 0.478 e. The van der Waals surface area contributed by atoms with E-state index in [1.54, 1.807) is 12.1 Å². The van der Waals surface area contributed by atoms with Crippen molar-refractivity contribution in [2.24, 2.45) is 0 Å². The molecule has 1 saturated heterocycles. The molecule has 1 atom stereocenters. The molecule has 1 amide bonds. The van der Waals surface area contributed by atoms with Gasteiger partial charge in [-0.05, 0) is 36.8 Å². The molecular formula is C18H15ClN4O3. The quantitative estimate of drug-likeness (QED) is 0.855. The maximum Gasteiger partial charge on any atom is 0.337 e. The van der Waals surface area contributed by atoms with Gasteiger partial charge < -0.3 is 15.3 Å². The maximum absolute atomic E-state index is 12.3. The Morgan fingerprint density at radius 3 is 2.77 bits per heavy atom. The summed E-state index contributed by atoms with van der Waals surface area (Å²) in [5.41, 5.74) is 1.53. The lowest BCUT2D eigenvalue weighted by atomic mass is 10.2. The summed E-state index contributed by atoms with van der Waals surface area (Å²) in [5, 5.41) is 21.1. The molecule has 132 valence electrons. The van der Waals surface area contributed by atoms with Crippen LogP contribution in [0, 0.1) is 11.3 Å². The number of pyridine rings is 1. The van der Waals surface area contributed by atoms with Crippen LogP contribution in [0.4, 0.5) is 5.69 Å². The lowest BCUT2D eigenvalue weighted by Crippen LogP contribution is -2.37. The van der Waals surface area contributed by atoms with E-state index in [2.05, 4.69) is 15.2 Å². The fourth-order valence-corrected chi connectivity index (χ4v) is 3.04. The van der Waals surface area contributed by atoms with E-state index in [1.807, 2.05) is 12.1 Å². The molecule has 26 heavy (non-hydrogen) atoms. The molecule has 7 nitrogen and oxygen atoms in total. The Kier molecular flexibility index (Phi) is 5.05. The van der Waals surface area contributed by atoms with Crippen LogP contribution in [0.25, 0.3) is 0 Å². The Bertz CT molecular complexity index is 892. The molecule has 1 aromatic carbocycles. The van der Waals surface area contributed by atoms with Gasteiger partial charge in [-0.3, -0.25) is 9.78 Å². The minimum absolute atomic E-state index is 0.0336. The first-order chi connectivity index (χ1) is 12.5. The Morgan fingerprint density at radius 2 is 2.15 bits per heavy atom. The van der Waals surface area contributed by atoms with Crippen molar-refractivity contribution in [2.75, 3.05) is 18.0 Å². The molecule has 0 aliphatic carbocycles.